The maximum absolute atomic E-state index is 9.93. The van der Waals surface area contributed by atoms with E-state index in [1.165, 1.54) is 38.6 Å². The smallest absolute Gasteiger partial charge is 0.0615 e. The van der Waals surface area contributed by atoms with Crippen molar-refractivity contribution < 1.29 is 5.11 Å². The summed E-state index contributed by atoms with van der Waals surface area (Å²) in [5.41, 5.74) is 0.0902. The first kappa shape index (κ1) is 12.4. The third kappa shape index (κ3) is 2.98. The third-order valence-electron chi connectivity index (χ3n) is 4.49. The van der Waals surface area contributed by atoms with E-state index in [1.807, 2.05) is 0 Å². The molecule has 94 valence electrons. The minimum absolute atomic E-state index is 0.0902. The van der Waals surface area contributed by atoms with Crippen LogP contribution in [0.4, 0.5) is 0 Å². The van der Waals surface area contributed by atoms with Crippen LogP contribution in [-0.4, -0.2) is 35.7 Å². The second-order valence-electron chi connectivity index (χ2n) is 6.53. The maximum Gasteiger partial charge on any atom is 0.0615 e. The van der Waals surface area contributed by atoms with Gasteiger partial charge in [-0.25, -0.2) is 0 Å². The van der Waals surface area contributed by atoms with Crippen molar-refractivity contribution in [2.45, 2.75) is 58.5 Å². The summed E-state index contributed by atoms with van der Waals surface area (Å²) >= 11 is 0. The number of likely N-dealkylation sites (tertiary alicyclic amines) is 1. The molecule has 1 N–H and O–H groups in total. The Morgan fingerprint density at radius 1 is 1.12 bits per heavy atom. The summed E-state index contributed by atoms with van der Waals surface area (Å²) < 4.78 is 0. The van der Waals surface area contributed by atoms with Gasteiger partial charge in [0.15, 0.2) is 0 Å². The molecule has 0 bridgehead atoms. The second kappa shape index (κ2) is 5.05. The fourth-order valence-electron chi connectivity index (χ4n) is 3.35. The number of nitrogens with zero attached hydrogens (tertiary/aromatic N) is 1. The van der Waals surface area contributed by atoms with Gasteiger partial charge in [0, 0.05) is 25.0 Å². The highest BCUT2D eigenvalue weighted by molar-refractivity contribution is 4.87. The molecule has 2 nitrogen and oxygen atoms in total. The van der Waals surface area contributed by atoms with Crippen molar-refractivity contribution in [3.63, 3.8) is 0 Å². The minimum atomic E-state index is -0.102. The Balaban J connectivity index is 1.81. The quantitative estimate of drug-likeness (QED) is 0.781. The van der Waals surface area contributed by atoms with Crippen molar-refractivity contribution in [3.05, 3.63) is 0 Å². The Bertz CT molecular complexity index is 221. The van der Waals surface area contributed by atoms with Crippen molar-refractivity contribution in [2.75, 3.05) is 19.6 Å². The van der Waals surface area contributed by atoms with Crippen LogP contribution in [0.5, 0.6) is 0 Å². The van der Waals surface area contributed by atoms with Gasteiger partial charge in [-0.2, -0.15) is 0 Å². The molecule has 1 unspecified atom stereocenters. The molecule has 1 atom stereocenters. The Labute approximate surface area is 100 Å². The van der Waals surface area contributed by atoms with Crippen molar-refractivity contribution in [3.8, 4) is 0 Å². The number of hydrogen-bond acceptors (Lipinski definition) is 2. The van der Waals surface area contributed by atoms with E-state index in [0.29, 0.717) is 0 Å². The average molecular weight is 225 g/mol. The molecule has 1 saturated carbocycles. The SMILES string of the molecule is CC1(C)CN(CC2CCCCC2)CCC1O. The minimum Gasteiger partial charge on any atom is -0.392 e. The van der Waals surface area contributed by atoms with Gasteiger partial charge in [-0.3, -0.25) is 0 Å². The van der Waals surface area contributed by atoms with Crippen LogP contribution in [0, 0.1) is 11.3 Å². The molecule has 1 aliphatic heterocycles. The largest absolute Gasteiger partial charge is 0.392 e. The molecule has 0 aromatic rings. The van der Waals surface area contributed by atoms with E-state index in [9.17, 15) is 5.11 Å². The van der Waals surface area contributed by atoms with E-state index in [1.54, 1.807) is 0 Å². The Hall–Kier alpha value is -0.0800. The number of hydrogen-bond donors (Lipinski definition) is 1. The molecule has 0 aromatic carbocycles. The molecule has 0 aromatic heterocycles. The predicted octanol–water partition coefficient (Wildman–Crippen LogP) is 2.66. The van der Waals surface area contributed by atoms with E-state index in [4.69, 9.17) is 0 Å². The first-order valence-corrected chi connectivity index (χ1v) is 6.98. The summed E-state index contributed by atoms with van der Waals surface area (Å²) in [5, 5.41) is 9.93. The van der Waals surface area contributed by atoms with Gasteiger partial charge in [-0.05, 0) is 25.2 Å². The lowest BCUT2D eigenvalue weighted by molar-refractivity contribution is -0.0298. The molecule has 1 aliphatic carbocycles. The second-order valence-corrected chi connectivity index (χ2v) is 6.53. The summed E-state index contributed by atoms with van der Waals surface area (Å²) in [5.74, 6) is 0.930. The van der Waals surface area contributed by atoms with Gasteiger partial charge in [0.25, 0.3) is 0 Å². The third-order valence-corrected chi connectivity index (χ3v) is 4.49. The number of rotatable bonds is 2. The highest BCUT2D eigenvalue weighted by Crippen LogP contribution is 2.31. The highest BCUT2D eigenvalue weighted by Gasteiger charge is 2.35. The van der Waals surface area contributed by atoms with Gasteiger partial charge >= 0.3 is 0 Å². The maximum atomic E-state index is 9.93. The molecule has 2 aliphatic rings. The summed E-state index contributed by atoms with van der Waals surface area (Å²) in [6.45, 7) is 7.84. The number of aliphatic hydroxyl groups excluding tert-OH is 1. The van der Waals surface area contributed by atoms with Crippen molar-refractivity contribution in [1.29, 1.82) is 0 Å². The van der Waals surface area contributed by atoms with Crippen LogP contribution in [0.25, 0.3) is 0 Å². The number of piperidine rings is 1. The molecular weight excluding hydrogens is 198 g/mol. The highest BCUT2D eigenvalue weighted by atomic mass is 16.3. The molecule has 1 saturated heterocycles. The van der Waals surface area contributed by atoms with E-state index in [0.717, 1.165) is 25.4 Å². The lowest BCUT2D eigenvalue weighted by atomic mass is 9.80. The molecule has 0 amide bonds. The van der Waals surface area contributed by atoms with Crippen LogP contribution >= 0.6 is 0 Å². The van der Waals surface area contributed by atoms with E-state index in [-0.39, 0.29) is 11.5 Å². The first-order valence-electron chi connectivity index (χ1n) is 6.98. The molecule has 2 heteroatoms. The van der Waals surface area contributed by atoms with Crippen LogP contribution < -0.4 is 0 Å². The zero-order valence-electron chi connectivity index (χ0n) is 10.9. The normalized spacial score (nSPS) is 32.8. The molecule has 0 radical (unpaired) electrons. The van der Waals surface area contributed by atoms with E-state index < -0.39 is 0 Å². The predicted molar refractivity (Wildman–Crippen MR) is 67.4 cm³/mol. The monoisotopic (exact) mass is 225 g/mol. The van der Waals surface area contributed by atoms with Crippen LogP contribution in [0.2, 0.25) is 0 Å². The van der Waals surface area contributed by atoms with Gasteiger partial charge in [-0.1, -0.05) is 33.1 Å². The van der Waals surface area contributed by atoms with Gasteiger partial charge in [-0.15, -0.1) is 0 Å². The molecule has 2 fully saturated rings. The van der Waals surface area contributed by atoms with Crippen LogP contribution in [0.15, 0.2) is 0 Å². The van der Waals surface area contributed by atoms with Crippen LogP contribution in [-0.2, 0) is 0 Å². The van der Waals surface area contributed by atoms with E-state index >= 15 is 0 Å². The Morgan fingerprint density at radius 2 is 1.81 bits per heavy atom. The van der Waals surface area contributed by atoms with Crippen LogP contribution in [0.1, 0.15) is 52.4 Å². The van der Waals surface area contributed by atoms with Gasteiger partial charge in [0.05, 0.1) is 6.10 Å². The fraction of sp³-hybridized carbons (Fsp3) is 1.00. The fourth-order valence-corrected chi connectivity index (χ4v) is 3.35. The zero-order valence-corrected chi connectivity index (χ0v) is 10.9. The first-order chi connectivity index (χ1) is 7.58. The van der Waals surface area contributed by atoms with Gasteiger partial charge in [0.1, 0.15) is 0 Å². The lowest BCUT2D eigenvalue weighted by Crippen LogP contribution is -2.49. The van der Waals surface area contributed by atoms with Gasteiger partial charge in [0.2, 0.25) is 0 Å². The summed E-state index contributed by atoms with van der Waals surface area (Å²) in [4.78, 5) is 2.59. The van der Waals surface area contributed by atoms with Crippen LogP contribution in [0.3, 0.4) is 0 Å². The average Bonchev–Trinajstić information content (AvgIpc) is 2.25. The Morgan fingerprint density at radius 3 is 2.44 bits per heavy atom. The Kier molecular flexibility index (Phi) is 3.91. The summed E-state index contributed by atoms with van der Waals surface area (Å²) in [7, 11) is 0. The molecule has 2 rings (SSSR count). The van der Waals surface area contributed by atoms with Crippen molar-refractivity contribution in [1.82, 2.24) is 4.90 Å². The molecular formula is C14H27NO. The standard InChI is InChI=1S/C14H27NO/c1-14(2)11-15(9-8-13(14)16)10-12-6-4-3-5-7-12/h12-13,16H,3-11H2,1-2H3. The molecule has 16 heavy (non-hydrogen) atoms. The van der Waals surface area contributed by atoms with E-state index in [2.05, 4.69) is 18.7 Å². The van der Waals surface area contributed by atoms with Crippen molar-refractivity contribution >= 4 is 0 Å². The summed E-state index contributed by atoms with van der Waals surface area (Å²) in [6, 6.07) is 0. The van der Waals surface area contributed by atoms with Crippen molar-refractivity contribution in [2.24, 2.45) is 11.3 Å². The number of aliphatic hydroxyl groups is 1. The zero-order chi connectivity index (χ0) is 11.6. The summed E-state index contributed by atoms with van der Waals surface area (Å²) in [6.07, 6.45) is 8.03. The molecule has 0 spiro atoms. The topological polar surface area (TPSA) is 23.5 Å². The molecule has 1 heterocycles. The lowest BCUT2D eigenvalue weighted by Gasteiger charge is -2.43. The van der Waals surface area contributed by atoms with Gasteiger partial charge < -0.3 is 10.0 Å².